The molecule has 2 aromatic carbocycles. The fourth-order valence-corrected chi connectivity index (χ4v) is 3.10. The highest BCUT2D eigenvalue weighted by atomic mass is 16.5. The molecule has 0 saturated carbocycles. The topological polar surface area (TPSA) is 103 Å². The normalized spacial score (nSPS) is 10.5. The van der Waals surface area contributed by atoms with E-state index in [2.05, 4.69) is 20.9 Å². The maximum absolute atomic E-state index is 12.4. The molecule has 0 spiro atoms. The van der Waals surface area contributed by atoms with Gasteiger partial charge in [0.05, 0.1) is 30.9 Å². The maximum atomic E-state index is 12.4. The summed E-state index contributed by atoms with van der Waals surface area (Å²) >= 11 is 0. The summed E-state index contributed by atoms with van der Waals surface area (Å²) in [6.07, 6.45) is 5.02. The number of hydrogen-bond acceptors (Lipinski definition) is 5. The zero-order valence-electron chi connectivity index (χ0n) is 16.7. The summed E-state index contributed by atoms with van der Waals surface area (Å²) in [5, 5.41) is 13.2. The second-order valence-corrected chi connectivity index (χ2v) is 6.69. The highest BCUT2D eigenvalue weighted by Crippen LogP contribution is 2.18. The average Bonchev–Trinajstić information content (AvgIpc) is 3.45. The van der Waals surface area contributed by atoms with Crippen molar-refractivity contribution in [3.8, 4) is 5.69 Å². The van der Waals surface area contributed by atoms with Crippen LogP contribution in [0.1, 0.15) is 16.1 Å². The van der Waals surface area contributed by atoms with E-state index in [0.29, 0.717) is 23.6 Å². The van der Waals surface area contributed by atoms with Gasteiger partial charge in [-0.25, -0.2) is 14.3 Å². The standard InChI is InChI=1S/C22H20N6O3/c1-31-21(29)20-13-18(15-27(20)14-16-5-3-2-4-6-16)25-22(30)24-17-7-9-19(10-8-17)28-12-11-23-26-28/h2-13,15H,14H2,1H3,(H2,24,25,30). The number of ether oxygens (including phenoxy) is 1. The minimum atomic E-state index is -0.479. The first-order valence-corrected chi connectivity index (χ1v) is 9.49. The van der Waals surface area contributed by atoms with Crippen molar-refractivity contribution in [3.63, 3.8) is 0 Å². The lowest BCUT2D eigenvalue weighted by molar-refractivity contribution is 0.0589. The predicted octanol–water partition coefficient (Wildman–Crippen LogP) is 3.55. The molecular weight excluding hydrogens is 396 g/mol. The van der Waals surface area contributed by atoms with Crippen LogP contribution in [0.4, 0.5) is 16.2 Å². The number of methoxy groups -OCH3 is 1. The molecule has 2 amide bonds. The number of benzene rings is 2. The Kier molecular flexibility index (Phi) is 5.75. The van der Waals surface area contributed by atoms with Crippen LogP contribution in [-0.4, -0.2) is 38.7 Å². The second-order valence-electron chi connectivity index (χ2n) is 6.69. The molecule has 2 N–H and O–H groups in total. The molecule has 4 aromatic rings. The van der Waals surface area contributed by atoms with Crippen molar-refractivity contribution in [1.29, 1.82) is 0 Å². The van der Waals surface area contributed by atoms with Gasteiger partial charge in [-0.15, -0.1) is 5.10 Å². The van der Waals surface area contributed by atoms with Gasteiger partial charge in [0, 0.05) is 18.4 Å². The number of rotatable bonds is 6. The van der Waals surface area contributed by atoms with E-state index >= 15 is 0 Å². The summed E-state index contributed by atoms with van der Waals surface area (Å²) in [4.78, 5) is 24.6. The Morgan fingerprint density at radius 2 is 1.74 bits per heavy atom. The summed E-state index contributed by atoms with van der Waals surface area (Å²) in [5.74, 6) is -0.479. The summed E-state index contributed by atoms with van der Waals surface area (Å²) in [7, 11) is 1.32. The number of nitrogens with zero attached hydrogens (tertiary/aromatic N) is 4. The Labute approximate surface area is 178 Å². The Balaban J connectivity index is 1.45. The van der Waals surface area contributed by atoms with E-state index in [4.69, 9.17) is 4.74 Å². The lowest BCUT2D eigenvalue weighted by Crippen LogP contribution is -2.19. The number of esters is 1. The van der Waals surface area contributed by atoms with Crippen LogP contribution in [0.25, 0.3) is 5.69 Å². The molecule has 0 fully saturated rings. The van der Waals surface area contributed by atoms with E-state index in [1.807, 2.05) is 42.5 Å². The third kappa shape index (κ3) is 4.78. The monoisotopic (exact) mass is 416 g/mol. The first kappa shape index (κ1) is 19.9. The SMILES string of the molecule is COC(=O)c1cc(NC(=O)Nc2ccc(-n3ccnn3)cc2)cn1Cc1ccccc1. The Morgan fingerprint density at radius 3 is 2.42 bits per heavy atom. The molecule has 156 valence electrons. The molecule has 9 nitrogen and oxygen atoms in total. The van der Waals surface area contributed by atoms with Crippen LogP contribution in [0, 0.1) is 0 Å². The van der Waals surface area contributed by atoms with Crippen molar-refractivity contribution in [1.82, 2.24) is 19.6 Å². The molecule has 0 radical (unpaired) electrons. The van der Waals surface area contributed by atoms with Crippen LogP contribution < -0.4 is 10.6 Å². The van der Waals surface area contributed by atoms with Crippen molar-refractivity contribution < 1.29 is 14.3 Å². The number of amides is 2. The van der Waals surface area contributed by atoms with Gasteiger partial charge in [0.15, 0.2) is 0 Å². The van der Waals surface area contributed by atoms with Gasteiger partial charge in [0.2, 0.25) is 0 Å². The number of carbonyl (C=O) groups is 2. The fraction of sp³-hybridized carbons (Fsp3) is 0.0909. The molecule has 0 bridgehead atoms. The second kappa shape index (κ2) is 8.95. The van der Waals surface area contributed by atoms with Gasteiger partial charge in [0.25, 0.3) is 0 Å². The van der Waals surface area contributed by atoms with E-state index in [-0.39, 0.29) is 0 Å². The molecule has 9 heteroatoms. The molecule has 31 heavy (non-hydrogen) atoms. The zero-order chi connectivity index (χ0) is 21.6. The lowest BCUT2D eigenvalue weighted by atomic mass is 10.2. The molecule has 0 aliphatic rings. The van der Waals surface area contributed by atoms with E-state index < -0.39 is 12.0 Å². The smallest absolute Gasteiger partial charge is 0.354 e. The maximum Gasteiger partial charge on any atom is 0.354 e. The van der Waals surface area contributed by atoms with Crippen LogP contribution in [0.3, 0.4) is 0 Å². The zero-order valence-corrected chi connectivity index (χ0v) is 16.7. The number of urea groups is 1. The highest BCUT2D eigenvalue weighted by molar-refractivity contribution is 6.00. The van der Waals surface area contributed by atoms with Gasteiger partial charge in [-0.05, 0) is 35.9 Å². The summed E-state index contributed by atoms with van der Waals surface area (Å²) < 4.78 is 8.23. The Hall–Kier alpha value is -4.40. The number of carbonyl (C=O) groups excluding carboxylic acids is 2. The summed E-state index contributed by atoms with van der Waals surface area (Å²) in [6, 6.07) is 18.0. The third-order valence-corrected chi connectivity index (χ3v) is 4.56. The molecule has 2 heterocycles. The van der Waals surface area contributed by atoms with Gasteiger partial charge >= 0.3 is 12.0 Å². The van der Waals surface area contributed by atoms with Gasteiger partial charge in [0.1, 0.15) is 5.69 Å². The van der Waals surface area contributed by atoms with E-state index in [0.717, 1.165) is 11.3 Å². The molecular formula is C22H20N6O3. The van der Waals surface area contributed by atoms with Crippen LogP contribution >= 0.6 is 0 Å². The molecule has 0 atom stereocenters. The average molecular weight is 416 g/mol. The summed E-state index contributed by atoms with van der Waals surface area (Å²) in [5.41, 5.74) is 3.28. The van der Waals surface area contributed by atoms with Crippen LogP contribution in [0.2, 0.25) is 0 Å². The van der Waals surface area contributed by atoms with Gasteiger partial charge in [-0.1, -0.05) is 35.5 Å². The van der Waals surface area contributed by atoms with Crippen molar-refractivity contribution in [3.05, 3.63) is 90.5 Å². The largest absolute Gasteiger partial charge is 0.464 e. The number of nitrogens with one attached hydrogen (secondary N) is 2. The van der Waals surface area contributed by atoms with Crippen LogP contribution in [0.15, 0.2) is 79.3 Å². The third-order valence-electron chi connectivity index (χ3n) is 4.56. The highest BCUT2D eigenvalue weighted by Gasteiger charge is 2.16. The quantitative estimate of drug-likeness (QED) is 0.468. The van der Waals surface area contributed by atoms with Crippen molar-refractivity contribution in [2.24, 2.45) is 0 Å². The van der Waals surface area contributed by atoms with E-state index in [9.17, 15) is 9.59 Å². The summed E-state index contributed by atoms with van der Waals surface area (Å²) in [6.45, 7) is 0.471. The Morgan fingerprint density at radius 1 is 1.00 bits per heavy atom. The number of hydrogen-bond donors (Lipinski definition) is 2. The van der Waals surface area contributed by atoms with Gasteiger partial charge in [-0.2, -0.15) is 0 Å². The number of aromatic nitrogens is 4. The predicted molar refractivity (Wildman–Crippen MR) is 115 cm³/mol. The minimum Gasteiger partial charge on any atom is -0.464 e. The molecule has 0 aliphatic heterocycles. The van der Waals surface area contributed by atoms with E-state index in [1.54, 1.807) is 46.0 Å². The first-order valence-electron chi connectivity index (χ1n) is 9.49. The molecule has 0 unspecified atom stereocenters. The first-order chi connectivity index (χ1) is 15.1. The van der Waals surface area contributed by atoms with Gasteiger partial charge < -0.3 is 19.9 Å². The molecule has 0 aliphatic carbocycles. The molecule has 0 saturated heterocycles. The molecule has 2 aromatic heterocycles. The van der Waals surface area contributed by atoms with Crippen molar-refractivity contribution in [2.45, 2.75) is 6.54 Å². The van der Waals surface area contributed by atoms with Gasteiger partial charge in [-0.3, -0.25) is 0 Å². The Bertz CT molecular complexity index is 1170. The fourth-order valence-electron chi connectivity index (χ4n) is 3.10. The van der Waals surface area contributed by atoms with Crippen LogP contribution in [0.5, 0.6) is 0 Å². The van der Waals surface area contributed by atoms with E-state index in [1.165, 1.54) is 7.11 Å². The number of anilines is 2. The molecule has 4 rings (SSSR count). The van der Waals surface area contributed by atoms with Crippen LogP contribution in [-0.2, 0) is 11.3 Å². The lowest BCUT2D eigenvalue weighted by Gasteiger charge is -2.08. The minimum absolute atomic E-state index is 0.346. The van der Waals surface area contributed by atoms with Crippen molar-refractivity contribution >= 4 is 23.4 Å². The van der Waals surface area contributed by atoms with Crippen molar-refractivity contribution in [2.75, 3.05) is 17.7 Å².